The standard InChI is InChI=1S/C27H35N7O2S/c1-5-33(6-2)19(3)17-29-27(35)20-15-23(31-25(16-20)28-11-8-13-36-4)21-18-30-34-12-10-22(32-26(21)34)24-9-7-14-37-24/h7,9-10,12,14-16,18-19H,5-6,8,11,13,17H2,1-4H3,(H,28,31)(H,29,35)/t19-/m0/s1. The zero-order valence-electron chi connectivity index (χ0n) is 21.9. The first-order valence-corrected chi connectivity index (χ1v) is 13.6. The minimum absolute atomic E-state index is 0.133. The van der Waals surface area contributed by atoms with Gasteiger partial charge < -0.3 is 15.4 Å². The van der Waals surface area contributed by atoms with Crippen molar-refractivity contribution in [3.63, 3.8) is 0 Å². The summed E-state index contributed by atoms with van der Waals surface area (Å²) >= 11 is 1.64. The van der Waals surface area contributed by atoms with Gasteiger partial charge in [0.15, 0.2) is 5.65 Å². The Kier molecular flexibility index (Phi) is 9.21. The maximum Gasteiger partial charge on any atom is 0.251 e. The van der Waals surface area contributed by atoms with Crippen molar-refractivity contribution in [1.29, 1.82) is 0 Å². The van der Waals surface area contributed by atoms with Crippen LogP contribution in [0.1, 0.15) is 37.6 Å². The van der Waals surface area contributed by atoms with Crippen molar-refractivity contribution in [2.75, 3.05) is 45.2 Å². The highest BCUT2D eigenvalue weighted by Crippen LogP contribution is 2.28. The number of carbonyl (C=O) groups is 1. The molecule has 4 aromatic rings. The van der Waals surface area contributed by atoms with Gasteiger partial charge in [0.1, 0.15) is 5.82 Å². The summed E-state index contributed by atoms with van der Waals surface area (Å²) in [4.78, 5) is 26.3. The van der Waals surface area contributed by atoms with E-state index in [-0.39, 0.29) is 11.9 Å². The first-order chi connectivity index (χ1) is 18.0. The van der Waals surface area contributed by atoms with E-state index in [2.05, 4.69) is 41.4 Å². The van der Waals surface area contributed by atoms with Crippen LogP contribution in [0.25, 0.3) is 27.5 Å². The Morgan fingerprint density at radius 3 is 2.76 bits per heavy atom. The minimum Gasteiger partial charge on any atom is -0.385 e. The molecule has 4 aromatic heterocycles. The first-order valence-electron chi connectivity index (χ1n) is 12.7. The van der Waals surface area contributed by atoms with Crippen LogP contribution in [0.2, 0.25) is 0 Å². The summed E-state index contributed by atoms with van der Waals surface area (Å²) in [6.07, 6.45) is 4.48. The number of pyridine rings is 1. The molecule has 0 unspecified atom stereocenters. The number of fused-ring (bicyclic) bond motifs is 1. The normalized spacial score (nSPS) is 12.2. The summed E-state index contributed by atoms with van der Waals surface area (Å²) in [5, 5.41) is 12.9. The minimum atomic E-state index is -0.133. The lowest BCUT2D eigenvalue weighted by atomic mass is 10.1. The fourth-order valence-electron chi connectivity index (χ4n) is 4.25. The SMILES string of the molecule is CCN(CC)[C@@H](C)CNC(=O)c1cc(NCCCOC)nc(-c2cnn3ccc(-c4cccs4)nc23)c1. The molecule has 0 spiro atoms. The zero-order chi connectivity index (χ0) is 26.2. The quantitative estimate of drug-likeness (QED) is 0.251. The molecule has 9 nitrogen and oxygen atoms in total. The summed E-state index contributed by atoms with van der Waals surface area (Å²) in [6.45, 7) is 10.2. The number of hydrogen-bond donors (Lipinski definition) is 2. The lowest BCUT2D eigenvalue weighted by molar-refractivity contribution is 0.0938. The van der Waals surface area contributed by atoms with Crippen LogP contribution in [-0.4, -0.2) is 76.3 Å². The predicted octanol–water partition coefficient (Wildman–Crippen LogP) is 4.43. The Bertz CT molecular complexity index is 1300. The largest absolute Gasteiger partial charge is 0.385 e. The Morgan fingerprint density at radius 1 is 1.19 bits per heavy atom. The molecule has 1 amide bonds. The molecule has 0 aromatic carbocycles. The summed E-state index contributed by atoms with van der Waals surface area (Å²) in [5.74, 6) is 0.496. The molecule has 37 heavy (non-hydrogen) atoms. The van der Waals surface area contributed by atoms with Crippen LogP contribution in [-0.2, 0) is 4.74 Å². The van der Waals surface area contributed by atoms with Crippen LogP contribution >= 0.6 is 11.3 Å². The third-order valence-electron chi connectivity index (χ3n) is 6.33. The molecule has 0 bridgehead atoms. The van der Waals surface area contributed by atoms with Crippen molar-refractivity contribution in [3.8, 4) is 21.8 Å². The van der Waals surface area contributed by atoms with Crippen LogP contribution < -0.4 is 10.6 Å². The van der Waals surface area contributed by atoms with Gasteiger partial charge in [-0.25, -0.2) is 14.5 Å². The van der Waals surface area contributed by atoms with Gasteiger partial charge in [0.05, 0.1) is 28.0 Å². The number of nitrogens with zero attached hydrogens (tertiary/aromatic N) is 5. The topological polar surface area (TPSA) is 96.7 Å². The van der Waals surface area contributed by atoms with E-state index in [1.807, 2.05) is 35.8 Å². The van der Waals surface area contributed by atoms with Gasteiger partial charge in [-0.1, -0.05) is 19.9 Å². The molecule has 2 N–H and O–H groups in total. The zero-order valence-corrected chi connectivity index (χ0v) is 22.7. The van der Waals surface area contributed by atoms with E-state index in [1.165, 1.54) is 0 Å². The number of likely N-dealkylation sites (N-methyl/N-ethyl adjacent to an activating group) is 1. The molecule has 0 radical (unpaired) electrons. The van der Waals surface area contributed by atoms with Crippen molar-refractivity contribution in [2.24, 2.45) is 0 Å². The van der Waals surface area contributed by atoms with Crippen LogP contribution in [0, 0.1) is 0 Å². The molecule has 0 aliphatic rings. The van der Waals surface area contributed by atoms with Crippen molar-refractivity contribution in [1.82, 2.24) is 29.8 Å². The molecule has 0 saturated heterocycles. The van der Waals surface area contributed by atoms with Gasteiger partial charge in [0.2, 0.25) is 0 Å². The van der Waals surface area contributed by atoms with Gasteiger partial charge in [0.25, 0.3) is 5.91 Å². The molecule has 1 atom stereocenters. The van der Waals surface area contributed by atoms with Crippen LogP contribution in [0.5, 0.6) is 0 Å². The number of ether oxygens (including phenoxy) is 1. The van der Waals surface area contributed by atoms with Crippen molar-refractivity contribution < 1.29 is 9.53 Å². The summed E-state index contributed by atoms with van der Waals surface area (Å²) in [5.41, 5.74) is 3.52. The van der Waals surface area contributed by atoms with Crippen molar-refractivity contribution in [3.05, 3.63) is 53.7 Å². The van der Waals surface area contributed by atoms with Crippen LogP contribution in [0.4, 0.5) is 5.82 Å². The highest BCUT2D eigenvalue weighted by Gasteiger charge is 2.17. The van der Waals surface area contributed by atoms with E-state index in [9.17, 15) is 4.79 Å². The molecular weight excluding hydrogens is 486 g/mol. The number of aromatic nitrogens is 4. The first kappa shape index (κ1) is 26.7. The van der Waals surface area contributed by atoms with E-state index in [1.54, 1.807) is 35.2 Å². The average Bonchev–Trinajstić information content (AvgIpc) is 3.60. The second-order valence-corrected chi connectivity index (χ2v) is 9.74. The Hall–Kier alpha value is -3.34. The van der Waals surface area contributed by atoms with Crippen molar-refractivity contribution >= 4 is 28.7 Å². The molecule has 196 valence electrons. The summed E-state index contributed by atoms with van der Waals surface area (Å²) < 4.78 is 6.89. The second-order valence-electron chi connectivity index (χ2n) is 8.80. The summed E-state index contributed by atoms with van der Waals surface area (Å²) in [7, 11) is 1.68. The van der Waals surface area contributed by atoms with Gasteiger partial charge in [0, 0.05) is 44.6 Å². The maximum atomic E-state index is 13.2. The third-order valence-corrected chi connectivity index (χ3v) is 7.22. The fraction of sp³-hybridized carbons (Fsp3) is 0.407. The molecule has 10 heteroatoms. The lowest BCUT2D eigenvalue weighted by Gasteiger charge is -2.26. The number of hydrogen-bond acceptors (Lipinski definition) is 8. The van der Waals surface area contributed by atoms with Gasteiger partial charge in [-0.2, -0.15) is 5.10 Å². The highest BCUT2D eigenvalue weighted by molar-refractivity contribution is 7.13. The number of amides is 1. The monoisotopic (exact) mass is 521 g/mol. The summed E-state index contributed by atoms with van der Waals surface area (Å²) in [6, 6.07) is 9.86. The Balaban J connectivity index is 1.65. The van der Waals surface area contributed by atoms with E-state index in [4.69, 9.17) is 14.7 Å². The smallest absolute Gasteiger partial charge is 0.251 e. The average molecular weight is 522 g/mol. The number of rotatable bonds is 13. The number of nitrogens with one attached hydrogen (secondary N) is 2. The van der Waals surface area contributed by atoms with Crippen LogP contribution in [0.15, 0.2) is 48.1 Å². The number of anilines is 1. The van der Waals surface area contributed by atoms with Gasteiger partial charge >= 0.3 is 0 Å². The van der Waals surface area contributed by atoms with E-state index < -0.39 is 0 Å². The van der Waals surface area contributed by atoms with Crippen LogP contribution in [0.3, 0.4) is 0 Å². The lowest BCUT2D eigenvalue weighted by Crippen LogP contribution is -2.42. The second kappa shape index (κ2) is 12.8. The van der Waals surface area contributed by atoms with E-state index in [0.29, 0.717) is 42.4 Å². The number of methoxy groups -OCH3 is 1. The molecule has 0 saturated carbocycles. The van der Waals surface area contributed by atoms with E-state index in [0.717, 1.165) is 35.6 Å². The Labute approximate surface area is 221 Å². The van der Waals surface area contributed by atoms with E-state index >= 15 is 0 Å². The molecule has 4 heterocycles. The maximum absolute atomic E-state index is 13.2. The number of carbonyl (C=O) groups excluding carboxylic acids is 1. The van der Waals surface area contributed by atoms with Crippen molar-refractivity contribution in [2.45, 2.75) is 33.2 Å². The molecule has 0 fully saturated rings. The predicted molar refractivity (Wildman–Crippen MR) is 149 cm³/mol. The molecule has 0 aliphatic carbocycles. The molecule has 0 aliphatic heterocycles. The Morgan fingerprint density at radius 2 is 2.03 bits per heavy atom. The third kappa shape index (κ3) is 6.51. The highest BCUT2D eigenvalue weighted by atomic mass is 32.1. The van der Waals surface area contributed by atoms with Gasteiger partial charge in [-0.15, -0.1) is 11.3 Å². The van der Waals surface area contributed by atoms with Gasteiger partial charge in [-0.05, 0) is 56.1 Å². The molecule has 4 rings (SSSR count). The van der Waals surface area contributed by atoms with Gasteiger partial charge in [-0.3, -0.25) is 9.69 Å². The molecular formula is C27H35N7O2S. The fourth-order valence-corrected chi connectivity index (χ4v) is 4.95. The number of thiophene rings is 1.